The Morgan fingerprint density at radius 1 is 0.905 bits per heavy atom. The molecule has 0 fully saturated rings. The number of nitrogens with zero attached hydrogens (tertiary/aromatic N) is 1. The molecule has 0 aliphatic carbocycles. The van der Waals surface area contributed by atoms with E-state index in [4.69, 9.17) is 0 Å². The summed E-state index contributed by atoms with van der Waals surface area (Å²) in [6, 6.07) is 0. The minimum absolute atomic E-state index is 1.15. The van der Waals surface area contributed by atoms with Gasteiger partial charge < -0.3 is 4.57 Å². The molecule has 2 aliphatic heterocycles. The second-order valence-corrected chi connectivity index (χ2v) is 11.4. The van der Waals surface area contributed by atoms with E-state index in [1.807, 2.05) is 70.6 Å². The van der Waals surface area contributed by atoms with Gasteiger partial charge in [0.15, 0.2) is 0 Å². The standard InChI is InChI=1S/C14H17NS6/c1-4-5-6-15-7-9-10(8-15)19-13(18-9)14-20-11(16-2)12(17-3)21-14/h7-8H,4-6H2,1-3H3. The molecule has 21 heavy (non-hydrogen) atoms. The highest BCUT2D eigenvalue weighted by Gasteiger charge is 2.28. The second kappa shape index (κ2) is 7.62. The van der Waals surface area contributed by atoms with E-state index < -0.39 is 0 Å². The first-order valence-electron chi connectivity index (χ1n) is 6.72. The predicted octanol–water partition coefficient (Wildman–Crippen LogP) is 6.95. The number of aromatic nitrogens is 1. The van der Waals surface area contributed by atoms with Crippen LogP contribution in [0.25, 0.3) is 0 Å². The Bertz CT molecular complexity index is 557. The van der Waals surface area contributed by atoms with E-state index in [0.717, 1.165) is 6.54 Å². The maximum Gasteiger partial charge on any atom is 0.0717 e. The number of hydrogen-bond acceptors (Lipinski definition) is 6. The lowest BCUT2D eigenvalue weighted by Crippen LogP contribution is -1.92. The SMILES string of the molecule is CCCCn1cc2c(c1)SC(=C1SC(SC)=C(SC)S1)S2. The van der Waals surface area contributed by atoms with E-state index in [2.05, 4.69) is 36.4 Å². The van der Waals surface area contributed by atoms with Crippen LogP contribution in [0.15, 0.2) is 39.1 Å². The molecular weight excluding hydrogens is 375 g/mol. The molecule has 2 aliphatic rings. The van der Waals surface area contributed by atoms with Gasteiger partial charge in [-0.1, -0.05) is 60.4 Å². The molecule has 0 bridgehead atoms. The molecular formula is C14H17NS6. The van der Waals surface area contributed by atoms with Gasteiger partial charge in [-0.05, 0) is 18.9 Å². The summed E-state index contributed by atoms with van der Waals surface area (Å²) in [7, 11) is 0. The van der Waals surface area contributed by atoms with E-state index in [0.29, 0.717) is 0 Å². The molecule has 0 saturated carbocycles. The minimum atomic E-state index is 1.15. The predicted molar refractivity (Wildman–Crippen MR) is 107 cm³/mol. The highest BCUT2D eigenvalue weighted by Crippen LogP contribution is 2.63. The van der Waals surface area contributed by atoms with Crippen LogP contribution in [0.5, 0.6) is 0 Å². The van der Waals surface area contributed by atoms with Gasteiger partial charge in [-0.3, -0.25) is 0 Å². The first-order chi connectivity index (χ1) is 10.2. The summed E-state index contributed by atoms with van der Waals surface area (Å²) >= 11 is 11.5. The first kappa shape index (κ1) is 16.7. The summed E-state index contributed by atoms with van der Waals surface area (Å²) in [4.78, 5) is 2.87. The molecule has 7 heteroatoms. The third-order valence-electron chi connectivity index (χ3n) is 3.06. The van der Waals surface area contributed by atoms with Crippen LogP contribution in [0.4, 0.5) is 0 Å². The van der Waals surface area contributed by atoms with Crippen molar-refractivity contribution in [3.8, 4) is 0 Å². The molecule has 3 heterocycles. The molecule has 0 aromatic carbocycles. The van der Waals surface area contributed by atoms with Crippen LogP contribution in [0.1, 0.15) is 19.8 Å². The number of fused-ring (bicyclic) bond motifs is 1. The molecule has 3 rings (SSSR count). The van der Waals surface area contributed by atoms with Gasteiger partial charge in [0, 0.05) is 28.7 Å². The summed E-state index contributed by atoms with van der Waals surface area (Å²) in [6.07, 6.45) is 11.5. The molecule has 1 nitrogen and oxygen atoms in total. The summed E-state index contributed by atoms with van der Waals surface area (Å²) < 4.78 is 8.20. The Balaban J connectivity index is 1.71. The molecule has 1 aromatic rings. The normalized spacial score (nSPS) is 18.0. The molecule has 0 unspecified atom stereocenters. The van der Waals surface area contributed by atoms with Crippen LogP contribution in [0.3, 0.4) is 0 Å². The van der Waals surface area contributed by atoms with E-state index >= 15 is 0 Å². The van der Waals surface area contributed by atoms with Crippen molar-refractivity contribution < 1.29 is 0 Å². The zero-order valence-corrected chi connectivity index (χ0v) is 17.1. The number of unbranched alkanes of at least 4 members (excludes halogenated alkanes) is 1. The largest absolute Gasteiger partial charge is 0.352 e. The zero-order valence-electron chi connectivity index (χ0n) is 12.2. The summed E-state index contributed by atoms with van der Waals surface area (Å²) in [5, 5.41) is 0. The molecule has 0 amide bonds. The van der Waals surface area contributed by atoms with Gasteiger partial charge in [0.2, 0.25) is 0 Å². The van der Waals surface area contributed by atoms with E-state index in [-0.39, 0.29) is 0 Å². The molecule has 1 aromatic heterocycles. The highest BCUT2D eigenvalue weighted by molar-refractivity contribution is 8.41. The highest BCUT2D eigenvalue weighted by atomic mass is 32.3. The number of aryl methyl sites for hydroxylation is 1. The summed E-state index contributed by atoms with van der Waals surface area (Å²) in [5.74, 6) is 0. The van der Waals surface area contributed by atoms with Crippen LogP contribution in [0.2, 0.25) is 0 Å². The van der Waals surface area contributed by atoms with Crippen molar-refractivity contribution in [1.82, 2.24) is 4.57 Å². The monoisotopic (exact) mass is 391 g/mol. The van der Waals surface area contributed by atoms with Crippen molar-refractivity contribution >= 4 is 70.6 Å². The van der Waals surface area contributed by atoms with Gasteiger partial charge >= 0.3 is 0 Å². The maximum absolute atomic E-state index is 2.35. The van der Waals surface area contributed by atoms with Crippen LogP contribution < -0.4 is 0 Å². The zero-order chi connectivity index (χ0) is 14.8. The molecule has 0 N–H and O–H groups in total. The van der Waals surface area contributed by atoms with Gasteiger partial charge in [-0.25, -0.2) is 0 Å². The summed E-state index contributed by atoms with van der Waals surface area (Å²) in [6.45, 7) is 3.40. The molecule has 0 spiro atoms. The quantitative estimate of drug-likeness (QED) is 0.531. The average molecular weight is 392 g/mol. The van der Waals surface area contributed by atoms with Crippen molar-refractivity contribution in [2.45, 2.75) is 36.1 Å². The van der Waals surface area contributed by atoms with Crippen molar-refractivity contribution in [2.75, 3.05) is 12.5 Å². The Labute approximate surface area is 152 Å². The average Bonchev–Trinajstić information content (AvgIpc) is 3.16. The van der Waals surface area contributed by atoms with Gasteiger partial charge in [0.1, 0.15) is 0 Å². The van der Waals surface area contributed by atoms with E-state index in [1.165, 1.54) is 39.6 Å². The third-order valence-corrected chi connectivity index (χ3v) is 11.3. The second-order valence-electron chi connectivity index (χ2n) is 4.54. The van der Waals surface area contributed by atoms with E-state index in [1.54, 1.807) is 0 Å². The van der Waals surface area contributed by atoms with Crippen molar-refractivity contribution in [2.24, 2.45) is 0 Å². The Morgan fingerprint density at radius 3 is 1.90 bits per heavy atom. The Kier molecular flexibility index (Phi) is 6.06. The fraction of sp³-hybridized carbons (Fsp3) is 0.429. The fourth-order valence-corrected chi connectivity index (χ4v) is 9.86. The van der Waals surface area contributed by atoms with Crippen LogP contribution in [0, 0.1) is 0 Å². The van der Waals surface area contributed by atoms with Crippen LogP contribution in [-0.2, 0) is 6.54 Å². The maximum atomic E-state index is 2.35. The van der Waals surface area contributed by atoms with Crippen LogP contribution >= 0.6 is 70.6 Å². The molecule has 114 valence electrons. The van der Waals surface area contributed by atoms with Crippen molar-refractivity contribution in [1.29, 1.82) is 0 Å². The van der Waals surface area contributed by atoms with Crippen molar-refractivity contribution in [3.63, 3.8) is 0 Å². The smallest absolute Gasteiger partial charge is 0.0717 e. The lowest BCUT2D eigenvalue weighted by atomic mass is 10.3. The number of thioether (sulfide) groups is 6. The van der Waals surface area contributed by atoms with E-state index in [9.17, 15) is 0 Å². The lowest BCUT2D eigenvalue weighted by molar-refractivity contribution is 0.631. The lowest BCUT2D eigenvalue weighted by Gasteiger charge is -2.03. The number of rotatable bonds is 5. The summed E-state index contributed by atoms with van der Waals surface area (Å²) in [5.41, 5.74) is 0. The van der Waals surface area contributed by atoms with Gasteiger partial charge in [0.05, 0.1) is 16.9 Å². The first-order valence-corrected chi connectivity index (χ1v) is 12.4. The molecule has 0 atom stereocenters. The fourth-order valence-electron chi connectivity index (χ4n) is 2.00. The topological polar surface area (TPSA) is 4.93 Å². The van der Waals surface area contributed by atoms with Gasteiger partial charge in [-0.15, -0.1) is 23.5 Å². The van der Waals surface area contributed by atoms with Crippen molar-refractivity contribution in [3.05, 3.63) is 29.3 Å². The Morgan fingerprint density at radius 2 is 1.43 bits per heavy atom. The van der Waals surface area contributed by atoms with Gasteiger partial charge in [-0.2, -0.15) is 0 Å². The molecule has 0 saturated heterocycles. The van der Waals surface area contributed by atoms with Gasteiger partial charge in [0.25, 0.3) is 0 Å². The number of hydrogen-bond donors (Lipinski definition) is 0. The third kappa shape index (κ3) is 3.69. The Hall–Kier alpha value is 0.860. The minimum Gasteiger partial charge on any atom is -0.352 e. The van der Waals surface area contributed by atoms with Crippen LogP contribution in [-0.4, -0.2) is 17.1 Å². The molecule has 0 radical (unpaired) electrons.